The summed E-state index contributed by atoms with van der Waals surface area (Å²) < 4.78 is 10.7. The van der Waals surface area contributed by atoms with Crippen molar-refractivity contribution >= 4 is 11.9 Å². The van der Waals surface area contributed by atoms with Crippen molar-refractivity contribution in [2.24, 2.45) is 28.6 Å². The second-order valence-electron chi connectivity index (χ2n) is 11.2. The van der Waals surface area contributed by atoms with Gasteiger partial charge in [-0.3, -0.25) is 9.59 Å². The lowest BCUT2D eigenvalue weighted by atomic mass is 9.44. The van der Waals surface area contributed by atoms with Crippen LogP contribution in [0.25, 0.3) is 0 Å². The molecule has 4 aliphatic carbocycles. The first kappa shape index (κ1) is 21.4. The summed E-state index contributed by atoms with van der Waals surface area (Å²) in [5.74, 6) is 0.156. The largest absolute Gasteiger partial charge is 0.469 e. The Morgan fingerprint density at radius 3 is 2.55 bits per heavy atom. The summed E-state index contributed by atoms with van der Waals surface area (Å²) >= 11 is 0. The molecule has 31 heavy (non-hydrogen) atoms. The Kier molecular flexibility index (Phi) is 4.70. The molecular formula is C25H36O6. The number of carbonyl (C=O) groups is 2. The zero-order valence-corrected chi connectivity index (χ0v) is 19.5. The summed E-state index contributed by atoms with van der Waals surface area (Å²) in [7, 11) is 1.48. The van der Waals surface area contributed by atoms with E-state index < -0.39 is 11.2 Å². The van der Waals surface area contributed by atoms with Gasteiger partial charge in [0.25, 0.3) is 0 Å². The van der Waals surface area contributed by atoms with Crippen LogP contribution in [0.2, 0.25) is 0 Å². The average Bonchev–Trinajstić information content (AvgIpc) is 3.10. The number of carbonyl (C=O) groups excluding carboxylic acids is 2. The van der Waals surface area contributed by atoms with Gasteiger partial charge in [0.15, 0.2) is 0 Å². The van der Waals surface area contributed by atoms with Crippen LogP contribution in [0.1, 0.15) is 79.1 Å². The van der Waals surface area contributed by atoms with Crippen LogP contribution in [0.5, 0.6) is 0 Å². The first-order valence-electron chi connectivity index (χ1n) is 11.9. The van der Waals surface area contributed by atoms with E-state index in [9.17, 15) is 9.59 Å². The molecule has 3 saturated carbocycles. The number of allylic oxidation sites excluding steroid dienone is 1. The Labute approximate surface area is 184 Å². The summed E-state index contributed by atoms with van der Waals surface area (Å²) in [6.07, 6.45) is 9.69. The SMILES string of the molecule is COC(=O)[C@@H](C)C1CCC2C34CCC5(CC(OC(C)=O)CCC5(C)C3=CCC12C)OO4. The van der Waals surface area contributed by atoms with Crippen molar-refractivity contribution in [3.05, 3.63) is 11.6 Å². The Bertz CT molecular complexity index is 824. The lowest BCUT2D eigenvalue weighted by molar-refractivity contribution is -0.494. The molecule has 6 aliphatic rings. The summed E-state index contributed by atoms with van der Waals surface area (Å²) in [5.41, 5.74) is 0.468. The molecule has 0 amide bonds. The molecule has 0 aromatic carbocycles. The molecule has 0 aromatic heterocycles. The number of rotatable bonds is 3. The van der Waals surface area contributed by atoms with Gasteiger partial charge in [-0.2, -0.15) is 0 Å². The maximum absolute atomic E-state index is 12.4. The van der Waals surface area contributed by atoms with Gasteiger partial charge in [0, 0.05) is 24.7 Å². The molecule has 0 N–H and O–H groups in total. The van der Waals surface area contributed by atoms with Gasteiger partial charge in [-0.15, -0.1) is 0 Å². The van der Waals surface area contributed by atoms with Crippen molar-refractivity contribution in [3.8, 4) is 0 Å². The lowest BCUT2D eigenvalue weighted by Gasteiger charge is -2.69. The number of esters is 2. The predicted molar refractivity (Wildman–Crippen MR) is 113 cm³/mol. The number of hydrogen-bond acceptors (Lipinski definition) is 6. The fourth-order valence-electron chi connectivity index (χ4n) is 8.50. The van der Waals surface area contributed by atoms with E-state index in [4.69, 9.17) is 19.2 Å². The van der Waals surface area contributed by atoms with Crippen LogP contribution in [0.3, 0.4) is 0 Å². The van der Waals surface area contributed by atoms with Crippen LogP contribution in [0, 0.1) is 28.6 Å². The van der Waals surface area contributed by atoms with Crippen LogP contribution < -0.4 is 0 Å². The molecule has 6 rings (SSSR count). The maximum Gasteiger partial charge on any atom is 0.308 e. The minimum absolute atomic E-state index is 0.0108. The normalized spacial score (nSPS) is 48.7. The highest BCUT2D eigenvalue weighted by Crippen LogP contribution is 2.73. The molecule has 2 aliphatic heterocycles. The van der Waals surface area contributed by atoms with Gasteiger partial charge in [0.1, 0.15) is 17.3 Å². The average molecular weight is 433 g/mol. The van der Waals surface area contributed by atoms with E-state index >= 15 is 0 Å². The third kappa shape index (κ3) is 2.64. The fourth-order valence-corrected chi connectivity index (χ4v) is 8.50. The van der Waals surface area contributed by atoms with Gasteiger partial charge in [0.05, 0.1) is 13.0 Å². The van der Waals surface area contributed by atoms with E-state index in [1.54, 1.807) is 0 Å². The molecule has 0 aromatic rings. The quantitative estimate of drug-likeness (QED) is 0.371. The minimum atomic E-state index is -0.427. The third-order valence-electron chi connectivity index (χ3n) is 10.1. The van der Waals surface area contributed by atoms with Crippen molar-refractivity contribution in [1.82, 2.24) is 0 Å². The molecular weight excluding hydrogens is 396 g/mol. The highest BCUT2D eigenvalue weighted by Gasteiger charge is 2.74. The van der Waals surface area contributed by atoms with Crippen molar-refractivity contribution in [2.45, 2.75) is 96.4 Å². The lowest BCUT2D eigenvalue weighted by Crippen LogP contribution is -2.71. The second-order valence-corrected chi connectivity index (χ2v) is 11.2. The van der Waals surface area contributed by atoms with Gasteiger partial charge in [-0.1, -0.05) is 26.8 Å². The third-order valence-corrected chi connectivity index (χ3v) is 10.1. The van der Waals surface area contributed by atoms with E-state index in [-0.39, 0.29) is 40.7 Å². The van der Waals surface area contributed by atoms with Gasteiger partial charge >= 0.3 is 11.9 Å². The smallest absolute Gasteiger partial charge is 0.308 e. The standard InChI is InChI=1S/C25H36O6/c1-15(21(27)28-5)18-6-7-19-22(18,3)10-9-20-23(4)11-8-17(29-16(2)26)14-24(23)12-13-25(19,20)31-30-24/h9,15,17-19H,6-8,10-14H2,1-5H3/t15-,17?,18?,19?,22?,23?,24?,25?/m0/s1. The van der Waals surface area contributed by atoms with Crippen LogP contribution >= 0.6 is 0 Å². The Balaban J connectivity index is 1.50. The van der Waals surface area contributed by atoms with E-state index in [2.05, 4.69) is 19.9 Å². The number of ether oxygens (including phenoxy) is 2. The zero-order valence-electron chi connectivity index (χ0n) is 19.5. The highest BCUT2D eigenvalue weighted by atomic mass is 17.2. The van der Waals surface area contributed by atoms with Crippen molar-refractivity contribution < 1.29 is 28.8 Å². The molecule has 2 spiro atoms. The predicted octanol–water partition coefficient (Wildman–Crippen LogP) is 4.51. The van der Waals surface area contributed by atoms with E-state index in [1.807, 2.05) is 6.92 Å². The van der Waals surface area contributed by atoms with Crippen LogP contribution in [0.15, 0.2) is 11.6 Å². The van der Waals surface area contributed by atoms with Crippen LogP contribution in [0.4, 0.5) is 0 Å². The molecule has 8 atom stereocenters. The molecule has 6 nitrogen and oxygen atoms in total. The van der Waals surface area contributed by atoms with E-state index in [0.717, 1.165) is 44.9 Å². The van der Waals surface area contributed by atoms with E-state index in [1.165, 1.54) is 19.6 Å². The molecule has 172 valence electrons. The molecule has 6 heteroatoms. The van der Waals surface area contributed by atoms with Crippen LogP contribution in [-0.2, 0) is 28.8 Å². The topological polar surface area (TPSA) is 71.1 Å². The van der Waals surface area contributed by atoms with Crippen molar-refractivity contribution in [3.63, 3.8) is 0 Å². The first-order chi connectivity index (χ1) is 14.6. The highest BCUT2D eigenvalue weighted by molar-refractivity contribution is 5.72. The van der Waals surface area contributed by atoms with Gasteiger partial charge in [-0.05, 0) is 61.9 Å². The van der Waals surface area contributed by atoms with Crippen molar-refractivity contribution in [1.29, 1.82) is 0 Å². The zero-order chi connectivity index (χ0) is 22.2. The summed E-state index contributed by atoms with van der Waals surface area (Å²) in [6, 6.07) is 0. The molecule has 2 heterocycles. The van der Waals surface area contributed by atoms with Crippen LogP contribution in [-0.4, -0.2) is 36.4 Å². The number of hydrogen-bond donors (Lipinski definition) is 0. The second kappa shape index (κ2) is 6.80. The maximum atomic E-state index is 12.4. The summed E-state index contributed by atoms with van der Waals surface area (Å²) in [5, 5.41) is 0. The molecule has 0 radical (unpaired) electrons. The summed E-state index contributed by atoms with van der Waals surface area (Å²) in [6.45, 7) is 8.18. The fraction of sp³-hybridized carbons (Fsp3) is 0.840. The monoisotopic (exact) mass is 432 g/mol. The molecule has 7 unspecified atom stereocenters. The number of methoxy groups -OCH3 is 1. The van der Waals surface area contributed by atoms with Gasteiger partial charge in [-0.25, -0.2) is 9.78 Å². The first-order valence-corrected chi connectivity index (χ1v) is 11.9. The van der Waals surface area contributed by atoms with Gasteiger partial charge < -0.3 is 9.47 Å². The van der Waals surface area contributed by atoms with Gasteiger partial charge in [0.2, 0.25) is 0 Å². The summed E-state index contributed by atoms with van der Waals surface area (Å²) in [4.78, 5) is 36.7. The van der Waals surface area contributed by atoms with Crippen molar-refractivity contribution in [2.75, 3.05) is 7.11 Å². The minimum Gasteiger partial charge on any atom is -0.469 e. The molecule has 5 fully saturated rings. The van der Waals surface area contributed by atoms with E-state index in [0.29, 0.717) is 12.3 Å². The molecule has 2 bridgehead atoms. The number of fused-ring (bicyclic) bond motifs is 3. The Morgan fingerprint density at radius 1 is 1.13 bits per heavy atom. The molecule has 2 saturated heterocycles. The Morgan fingerprint density at radius 2 is 1.90 bits per heavy atom. The Hall–Kier alpha value is -1.40.